The zero-order valence-electron chi connectivity index (χ0n) is 10.7. The molecule has 0 radical (unpaired) electrons. The average Bonchev–Trinajstić information content (AvgIpc) is 2.37. The standard InChI is InChI=1S/C11H16ClO3PS3/c1-3-14-16(17,15-4-2)18-9-19(13)11-7-5-10(12)6-8-11/h5-8H,3-4,9H2,1-2H3/t19-/m1/s1. The quantitative estimate of drug-likeness (QED) is 0.642. The lowest BCUT2D eigenvalue weighted by atomic mass is 10.4. The third-order valence-electron chi connectivity index (χ3n) is 1.97. The highest BCUT2D eigenvalue weighted by molar-refractivity contribution is 8.69. The summed E-state index contributed by atoms with van der Waals surface area (Å²) in [6.45, 7) is 4.74. The van der Waals surface area contributed by atoms with Crippen LogP contribution in [-0.2, 0) is 31.7 Å². The van der Waals surface area contributed by atoms with Crippen LogP contribution in [0.25, 0.3) is 0 Å². The first-order chi connectivity index (χ1) is 9.00. The Labute approximate surface area is 130 Å². The van der Waals surface area contributed by atoms with E-state index in [1.807, 2.05) is 13.8 Å². The largest absolute Gasteiger partial charge is 0.322 e. The summed E-state index contributed by atoms with van der Waals surface area (Å²) in [5, 5.41) is 0.987. The molecule has 0 unspecified atom stereocenters. The maximum atomic E-state index is 12.1. The van der Waals surface area contributed by atoms with E-state index in [4.69, 9.17) is 32.5 Å². The van der Waals surface area contributed by atoms with E-state index >= 15 is 0 Å². The van der Waals surface area contributed by atoms with Crippen molar-refractivity contribution in [1.82, 2.24) is 0 Å². The van der Waals surface area contributed by atoms with E-state index in [1.165, 1.54) is 11.4 Å². The van der Waals surface area contributed by atoms with Gasteiger partial charge in [-0.1, -0.05) is 23.0 Å². The summed E-state index contributed by atoms with van der Waals surface area (Å²) >= 11 is 12.5. The van der Waals surface area contributed by atoms with E-state index in [1.54, 1.807) is 24.3 Å². The summed E-state index contributed by atoms with van der Waals surface area (Å²) < 4.78 is 23.1. The molecule has 0 bridgehead atoms. The Morgan fingerprint density at radius 1 is 1.26 bits per heavy atom. The smallest absolute Gasteiger partial charge is 0.248 e. The molecular formula is C11H16ClO3PS3. The van der Waals surface area contributed by atoms with Crippen LogP contribution >= 0.6 is 28.7 Å². The summed E-state index contributed by atoms with van der Waals surface area (Å²) in [6.07, 6.45) is 0. The van der Waals surface area contributed by atoms with Crippen molar-refractivity contribution in [2.75, 3.05) is 18.3 Å². The molecule has 0 aliphatic carbocycles. The van der Waals surface area contributed by atoms with Gasteiger partial charge in [0.05, 0.1) is 29.1 Å². The molecule has 0 aliphatic heterocycles. The second-order valence-corrected chi connectivity index (χ2v) is 11.9. The van der Waals surface area contributed by atoms with Crippen LogP contribution in [0.2, 0.25) is 5.02 Å². The Morgan fingerprint density at radius 3 is 2.26 bits per heavy atom. The van der Waals surface area contributed by atoms with E-state index in [0.717, 1.165) is 4.90 Å². The Balaban J connectivity index is 2.61. The highest BCUT2D eigenvalue weighted by Crippen LogP contribution is 2.61. The first-order valence-corrected chi connectivity index (χ1v) is 11.6. The second kappa shape index (κ2) is 8.78. The van der Waals surface area contributed by atoms with Crippen molar-refractivity contribution in [3.8, 4) is 0 Å². The van der Waals surface area contributed by atoms with Crippen molar-refractivity contribution in [3.05, 3.63) is 29.3 Å². The van der Waals surface area contributed by atoms with Crippen LogP contribution in [0.15, 0.2) is 29.2 Å². The highest BCUT2D eigenvalue weighted by Gasteiger charge is 2.20. The predicted octanol–water partition coefficient (Wildman–Crippen LogP) is 4.44. The van der Waals surface area contributed by atoms with Gasteiger partial charge >= 0.3 is 0 Å². The molecule has 0 aliphatic rings. The fourth-order valence-corrected chi connectivity index (χ4v) is 8.96. The van der Waals surface area contributed by atoms with Gasteiger partial charge < -0.3 is 9.05 Å². The van der Waals surface area contributed by atoms with Gasteiger partial charge in [0.2, 0.25) is 5.69 Å². The molecule has 1 rings (SSSR count). The Bertz CT molecular complexity index is 457. The maximum absolute atomic E-state index is 12.1. The van der Waals surface area contributed by atoms with Gasteiger partial charge in [0.1, 0.15) is 0 Å². The minimum Gasteiger partial charge on any atom is -0.322 e. The lowest BCUT2D eigenvalue weighted by Gasteiger charge is -2.19. The monoisotopic (exact) mass is 358 g/mol. The molecule has 0 heterocycles. The Hall–Kier alpha value is 0.580. The first kappa shape index (κ1) is 17.6. The number of hydrogen-bond donors (Lipinski definition) is 0. The molecule has 0 N–H and O–H groups in total. The van der Waals surface area contributed by atoms with Gasteiger partial charge in [-0.15, -0.1) is 0 Å². The molecule has 0 saturated heterocycles. The minimum atomic E-state index is -2.37. The molecule has 0 spiro atoms. The van der Waals surface area contributed by atoms with Gasteiger partial charge in [0.15, 0.2) is 0 Å². The Morgan fingerprint density at radius 2 is 1.79 bits per heavy atom. The molecule has 3 nitrogen and oxygen atoms in total. The summed E-state index contributed by atoms with van der Waals surface area (Å²) in [7, 11) is -1.14. The van der Waals surface area contributed by atoms with Gasteiger partial charge in [0.25, 0.3) is 0 Å². The zero-order valence-corrected chi connectivity index (χ0v) is 14.8. The molecule has 0 aromatic heterocycles. The van der Waals surface area contributed by atoms with E-state index in [0.29, 0.717) is 23.3 Å². The van der Waals surface area contributed by atoms with E-state index < -0.39 is 16.5 Å². The summed E-state index contributed by atoms with van der Waals surface area (Å²) in [4.78, 5) is 0.728. The SMILES string of the molecule is CCOP(=S)(OCC)SC[S@@](=O)c1ccc(Cl)cc1. The van der Waals surface area contributed by atoms with E-state index in [-0.39, 0.29) is 0 Å². The molecule has 1 aromatic rings. The summed E-state index contributed by atoms with van der Waals surface area (Å²) in [6, 6.07) is 6.95. The van der Waals surface area contributed by atoms with E-state index in [9.17, 15) is 4.21 Å². The summed E-state index contributed by atoms with van der Waals surface area (Å²) in [5.74, 6) is 0. The number of benzene rings is 1. The first-order valence-electron chi connectivity index (χ1n) is 5.68. The molecule has 8 heteroatoms. The molecule has 19 heavy (non-hydrogen) atoms. The second-order valence-electron chi connectivity index (χ2n) is 3.33. The maximum Gasteiger partial charge on any atom is 0.248 e. The van der Waals surface area contributed by atoms with Crippen LogP contribution in [0.1, 0.15) is 13.8 Å². The topological polar surface area (TPSA) is 35.5 Å². The summed E-state index contributed by atoms with van der Waals surface area (Å²) in [5.41, 5.74) is -2.37. The van der Waals surface area contributed by atoms with Crippen LogP contribution in [0, 0.1) is 0 Å². The number of rotatable bonds is 8. The van der Waals surface area contributed by atoms with Gasteiger partial charge in [-0.25, -0.2) is 0 Å². The van der Waals surface area contributed by atoms with Crippen molar-refractivity contribution in [2.24, 2.45) is 0 Å². The van der Waals surface area contributed by atoms with Crippen molar-refractivity contribution in [2.45, 2.75) is 18.7 Å². The minimum absolute atomic E-state index is 0.360. The van der Waals surface area contributed by atoms with Crippen LogP contribution < -0.4 is 0 Å². The van der Waals surface area contributed by atoms with Crippen molar-refractivity contribution in [1.29, 1.82) is 0 Å². The fourth-order valence-electron chi connectivity index (χ4n) is 1.19. The normalized spacial score (nSPS) is 13.4. The molecule has 0 fully saturated rings. The van der Waals surface area contributed by atoms with Crippen molar-refractivity contribution in [3.63, 3.8) is 0 Å². The van der Waals surface area contributed by atoms with Crippen LogP contribution in [0.5, 0.6) is 0 Å². The third kappa shape index (κ3) is 6.25. The van der Waals surface area contributed by atoms with Crippen molar-refractivity contribution >= 4 is 51.3 Å². The van der Waals surface area contributed by atoms with Gasteiger partial charge in [-0.2, -0.15) is 0 Å². The zero-order chi connectivity index (χ0) is 14.3. The van der Waals surface area contributed by atoms with Gasteiger partial charge in [0, 0.05) is 9.92 Å². The Kier molecular flexibility index (Phi) is 8.14. The lowest BCUT2D eigenvalue weighted by molar-refractivity contribution is 0.280. The lowest BCUT2D eigenvalue weighted by Crippen LogP contribution is -1.98. The van der Waals surface area contributed by atoms with Gasteiger partial charge in [-0.05, 0) is 49.9 Å². The molecule has 0 amide bonds. The number of halogens is 1. The van der Waals surface area contributed by atoms with Crippen LogP contribution in [0.4, 0.5) is 0 Å². The van der Waals surface area contributed by atoms with Gasteiger partial charge in [-0.3, -0.25) is 4.21 Å². The van der Waals surface area contributed by atoms with Crippen molar-refractivity contribution < 1.29 is 13.3 Å². The predicted molar refractivity (Wildman–Crippen MR) is 87.9 cm³/mol. The van der Waals surface area contributed by atoms with E-state index in [2.05, 4.69) is 0 Å². The average molecular weight is 359 g/mol. The highest BCUT2D eigenvalue weighted by atomic mass is 35.5. The number of hydrogen-bond acceptors (Lipinski definition) is 5. The van der Waals surface area contributed by atoms with Crippen LogP contribution in [-0.4, -0.2) is 22.5 Å². The molecular weight excluding hydrogens is 343 g/mol. The molecule has 1 aromatic carbocycles. The van der Waals surface area contributed by atoms with Crippen LogP contribution in [0.3, 0.4) is 0 Å². The fraction of sp³-hybridized carbons (Fsp3) is 0.455. The molecule has 0 saturated carbocycles. The molecule has 1 atom stereocenters. The molecule has 108 valence electrons. The third-order valence-corrected chi connectivity index (χ3v) is 9.87.